The molecule has 5 atom stereocenters. The van der Waals surface area contributed by atoms with Crippen LogP contribution in [0.3, 0.4) is 0 Å². The first-order valence-corrected chi connectivity index (χ1v) is 12.1. The number of benzene rings is 2. The number of nitrogens with two attached hydrogens (primary N) is 2. The number of aliphatic hydroxyl groups excluding tert-OH is 1. The number of ether oxygens (including phenoxy) is 1. The molecule has 2 aromatic carbocycles. The topological polar surface area (TPSA) is 139 Å². The standard InChI is InChI=1S/C14H14N2O4.C13H18N2O/c1-16-11(17)9-10(12(16)18)14(9,13(19)20-2)7-4-3-5-8(15)6-7;1-15-6-11-12(7-15)13(11,8-16)9-3-2-4-10(14)5-9/h3-6,9-10H,15H2,1-2H3;2-5,11-12,16H,6-8,14H2,1H3/t;11-,12+,13?. The fourth-order valence-electron chi connectivity index (χ4n) is 6.80. The van der Waals surface area contributed by atoms with Crippen molar-refractivity contribution in [3.63, 3.8) is 0 Å². The molecule has 2 aromatic rings. The number of nitrogen functional groups attached to an aromatic ring is 2. The Kier molecular flexibility index (Phi) is 5.61. The van der Waals surface area contributed by atoms with Crippen molar-refractivity contribution in [3.8, 4) is 0 Å². The minimum atomic E-state index is -1.20. The molecular formula is C27H32N4O5. The number of methoxy groups -OCH3 is 1. The summed E-state index contributed by atoms with van der Waals surface area (Å²) in [6.45, 7) is 2.44. The lowest BCUT2D eigenvalue weighted by molar-refractivity contribution is -0.151. The molecule has 3 unspecified atom stereocenters. The second-order valence-corrected chi connectivity index (χ2v) is 10.4. The van der Waals surface area contributed by atoms with E-state index in [1.807, 2.05) is 18.2 Å². The summed E-state index contributed by atoms with van der Waals surface area (Å²) in [5.74, 6) is -1.36. The zero-order valence-electron chi connectivity index (χ0n) is 20.7. The molecule has 0 spiro atoms. The fourth-order valence-corrected chi connectivity index (χ4v) is 6.80. The van der Waals surface area contributed by atoms with Gasteiger partial charge in [0.25, 0.3) is 0 Å². The summed E-state index contributed by atoms with van der Waals surface area (Å²) in [6.07, 6.45) is 0. The number of amides is 2. The van der Waals surface area contributed by atoms with Crippen LogP contribution in [-0.2, 0) is 30.0 Å². The molecule has 2 amide bonds. The van der Waals surface area contributed by atoms with Crippen LogP contribution in [0.25, 0.3) is 0 Å². The number of fused-ring (bicyclic) bond motifs is 2. The highest BCUT2D eigenvalue weighted by Gasteiger charge is 2.82. The van der Waals surface area contributed by atoms with Crippen molar-refractivity contribution >= 4 is 29.2 Å². The van der Waals surface area contributed by atoms with Crippen LogP contribution in [0.5, 0.6) is 0 Å². The van der Waals surface area contributed by atoms with Crippen LogP contribution in [0.4, 0.5) is 11.4 Å². The summed E-state index contributed by atoms with van der Waals surface area (Å²) < 4.78 is 4.84. The number of carbonyl (C=O) groups excluding carboxylic acids is 3. The number of rotatable bonds is 4. The maximum Gasteiger partial charge on any atom is 0.317 e. The third-order valence-electron chi connectivity index (χ3n) is 8.69. The molecule has 2 aliphatic heterocycles. The van der Waals surface area contributed by atoms with E-state index in [1.54, 1.807) is 24.3 Å². The highest BCUT2D eigenvalue weighted by Crippen LogP contribution is 2.65. The predicted molar refractivity (Wildman–Crippen MR) is 133 cm³/mol. The van der Waals surface area contributed by atoms with Gasteiger partial charge in [-0.15, -0.1) is 0 Å². The zero-order chi connectivity index (χ0) is 26.0. The number of nitrogens with zero attached hydrogens (tertiary/aromatic N) is 2. The van der Waals surface area contributed by atoms with Gasteiger partial charge in [-0.05, 0) is 54.3 Å². The monoisotopic (exact) mass is 492 g/mol. The van der Waals surface area contributed by atoms with E-state index in [-0.39, 0.29) is 23.8 Å². The van der Waals surface area contributed by atoms with Gasteiger partial charge in [-0.2, -0.15) is 0 Å². The summed E-state index contributed by atoms with van der Waals surface area (Å²) in [4.78, 5) is 39.9. The van der Waals surface area contributed by atoms with Gasteiger partial charge in [0, 0.05) is 36.9 Å². The summed E-state index contributed by atoms with van der Waals surface area (Å²) >= 11 is 0. The highest BCUT2D eigenvalue weighted by molar-refractivity contribution is 6.17. The average molecular weight is 493 g/mol. The van der Waals surface area contributed by atoms with Gasteiger partial charge < -0.3 is 26.2 Å². The number of hydrogen-bond donors (Lipinski definition) is 3. The molecule has 190 valence electrons. The van der Waals surface area contributed by atoms with Gasteiger partial charge in [0.05, 0.1) is 25.6 Å². The van der Waals surface area contributed by atoms with Crippen molar-refractivity contribution in [2.24, 2.45) is 23.7 Å². The normalized spacial score (nSPS) is 33.9. The number of esters is 1. The lowest BCUT2D eigenvalue weighted by atomic mass is 9.89. The molecule has 2 heterocycles. The average Bonchev–Trinajstić information content (AvgIpc) is 3.64. The van der Waals surface area contributed by atoms with Gasteiger partial charge in [0.2, 0.25) is 11.8 Å². The van der Waals surface area contributed by atoms with E-state index in [4.69, 9.17) is 16.2 Å². The number of imide groups is 1. The summed E-state index contributed by atoms with van der Waals surface area (Å²) in [5, 5.41) is 9.73. The number of carbonyl (C=O) groups is 3. The third-order valence-corrected chi connectivity index (χ3v) is 8.69. The van der Waals surface area contributed by atoms with Gasteiger partial charge in [0.1, 0.15) is 5.41 Å². The minimum Gasteiger partial charge on any atom is -0.468 e. The van der Waals surface area contributed by atoms with E-state index in [0.29, 0.717) is 23.1 Å². The van der Waals surface area contributed by atoms with E-state index in [0.717, 1.165) is 23.7 Å². The smallest absolute Gasteiger partial charge is 0.317 e. The summed E-state index contributed by atoms with van der Waals surface area (Å²) in [7, 11) is 4.83. The van der Waals surface area contributed by atoms with Crippen molar-refractivity contribution in [2.45, 2.75) is 10.8 Å². The van der Waals surface area contributed by atoms with Gasteiger partial charge in [-0.25, -0.2) is 0 Å². The quantitative estimate of drug-likeness (QED) is 0.321. The van der Waals surface area contributed by atoms with Crippen LogP contribution in [0.15, 0.2) is 48.5 Å². The SMILES string of the molecule is CN1C[C@@H]2[C@H](C1)C2(CO)c1cccc(N)c1.COC(=O)C1(c2cccc(N)c2)C2C(=O)N(C)C(=O)C21. The Hall–Kier alpha value is -3.43. The molecule has 2 aliphatic carbocycles. The number of piperidine rings is 2. The summed E-state index contributed by atoms with van der Waals surface area (Å²) in [5.41, 5.74) is 13.4. The Morgan fingerprint density at radius 3 is 1.94 bits per heavy atom. The Balaban J connectivity index is 0.000000152. The Labute approximate surface area is 210 Å². The molecule has 0 radical (unpaired) electrons. The third kappa shape index (κ3) is 3.19. The largest absolute Gasteiger partial charge is 0.468 e. The predicted octanol–water partition coefficient (Wildman–Crippen LogP) is 0.615. The second-order valence-electron chi connectivity index (χ2n) is 10.4. The molecule has 4 fully saturated rings. The maximum absolute atomic E-state index is 12.2. The molecule has 2 saturated carbocycles. The van der Waals surface area contributed by atoms with Crippen LogP contribution >= 0.6 is 0 Å². The van der Waals surface area contributed by atoms with Gasteiger partial charge >= 0.3 is 5.97 Å². The maximum atomic E-state index is 12.2. The van der Waals surface area contributed by atoms with Crippen LogP contribution in [-0.4, -0.2) is 73.6 Å². The Bertz CT molecular complexity index is 1210. The first-order valence-electron chi connectivity index (χ1n) is 12.1. The lowest BCUT2D eigenvalue weighted by Crippen LogP contribution is -2.40. The van der Waals surface area contributed by atoms with E-state index >= 15 is 0 Å². The molecule has 2 saturated heterocycles. The van der Waals surface area contributed by atoms with Crippen LogP contribution < -0.4 is 11.5 Å². The van der Waals surface area contributed by atoms with Crippen LogP contribution in [0.2, 0.25) is 0 Å². The lowest BCUT2D eigenvalue weighted by Gasteiger charge is -2.23. The molecule has 4 aliphatic rings. The van der Waals surface area contributed by atoms with Crippen LogP contribution in [0, 0.1) is 23.7 Å². The van der Waals surface area contributed by atoms with E-state index in [2.05, 4.69) is 18.0 Å². The molecular weight excluding hydrogens is 460 g/mol. The Morgan fingerprint density at radius 2 is 1.47 bits per heavy atom. The van der Waals surface area contributed by atoms with Crippen molar-refractivity contribution in [1.29, 1.82) is 0 Å². The van der Waals surface area contributed by atoms with Crippen molar-refractivity contribution < 1.29 is 24.2 Å². The second kappa shape index (κ2) is 8.31. The van der Waals surface area contributed by atoms with Crippen LogP contribution in [0.1, 0.15) is 11.1 Å². The molecule has 6 rings (SSSR count). The van der Waals surface area contributed by atoms with Crippen molar-refractivity contribution in [3.05, 3.63) is 59.7 Å². The van der Waals surface area contributed by atoms with E-state index in [1.165, 1.54) is 19.7 Å². The zero-order valence-corrected chi connectivity index (χ0v) is 20.7. The molecule has 9 nitrogen and oxygen atoms in total. The molecule has 9 heteroatoms. The van der Waals surface area contributed by atoms with Gasteiger partial charge in [-0.3, -0.25) is 19.3 Å². The van der Waals surface area contributed by atoms with E-state index in [9.17, 15) is 19.5 Å². The number of likely N-dealkylation sites (tertiary alicyclic amines) is 2. The molecule has 0 bridgehead atoms. The van der Waals surface area contributed by atoms with Gasteiger partial charge in [0.15, 0.2) is 0 Å². The Morgan fingerprint density at radius 1 is 0.972 bits per heavy atom. The molecule has 5 N–H and O–H groups in total. The highest BCUT2D eigenvalue weighted by atomic mass is 16.5. The number of hydrogen-bond acceptors (Lipinski definition) is 8. The molecule has 0 aromatic heterocycles. The van der Waals surface area contributed by atoms with Gasteiger partial charge in [-0.1, -0.05) is 24.3 Å². The number of aliphatic hydroxyl groups is 1. The van der Waals surface area contributed by atoms with Crippen molar-refractivity contribution in [1.82, 2.24) is 9.80 Å². The first-order chi connectivity index (χ1) is 17.1. The van der Waals surface area contributed by atoms with E-state index < -0.39 is 23.2 Å². The fraction of sp³-hybridized carbons (Fsp3) is 0.444. The summed E-state index contributed by atoms with van der Waals surface area (Å²) in [6, 6.07) is 14.7. The minimum absolute atomic E-state index is 0.00187. The number of anilines is 2. The first kappa shape index (κ1) is 24.3. The molecule has 36 heavy (non-hydrogen) atoms. The van der Waals surface area contributed by atoms with Crippen molar-refractivity contribution in [2.75, 3.05) is 52.4 Å².